The van der Waals surface area contributed by atoms with Crippen LogP contribution < -0.4 is 15.5 Å². The largest absolute Gasteiger partial charge is 0.370 e. The predicted molar refractivity (Wildman–Crippen MR) is 120 cm³/mol. The number of carbonyl (C=O) groups is 1. The summed E-state index contributed by atoms with van der Waals surface area (Å²) in [5, 5.41) is 5.45. The molecule has 1 aliphatic rings. The number of nitrogens with zero attached hydrogens (tertiary/aromatic N) is 5. The first-order valence-corrected chi connectivity index (χ1v) is 10.7. The molecule has 0 radical (unpaired) electrons. The number of hydrogen-bond donors (Lipinski definition) is 3. The zero-order valence-electron chi connectivity index (χ0n) is 17.9. The van der Waals surface area contributed by atoms with Crippen LogP contribution in [0.5, 0.6) is 0 Å². The van der Waals surface area contributed by atoms with Gasteiger partial charge >= 0.3 is 6.03 Å². The average Bonchev–Trinajstić information content (AvgIpc) is 3.30. The summed E-state index contributed by atoms with van der Waals surface area (Å²) in [6.07, 6.45) is 8.12. The maximum Gasteiger partial charge on any atom is 0.320 e. The van der Waals surface area contributed by atoms with Gasteiger partial charge in [-0.1, -0.05) is 0 Å². The minimum absolute atomic E-state index is 0.248. The molecule has 4 heterocycles. The van der Waals surface area contributed by atoms with E-state index in [2.05, 4.69) is 48.5 Å². The van der Waals surface area contributed by atoms with Crippen LogP contribution in [-0.2, 0) is 6.42 Å². The van der Waals surface area contributed by atoms with Crippen molar-refractivity contribution < 1.29 is 4.79 Å². The average molecular weight is 421 g/mol. The Bertz CT molecular complexity index is 1010. The van der Waals surface area contributed by atoms with Crippen LogP contribution in [0, 0.1) is 12.8 Å². The number of imidazole rings is 1. The topological polar surface area (TPSA) is 112 Å². The standard InChI is InChI=1S/C22H28N8O/c1-3-23-22(31)29-20-13-17(26-14-27-20)12-16-6-10-30(11-7-16)19-5-4-18(28-15(19)2)21-24-8-9-25-21/h4-5,8-9,13-14,16H,3,6-7,10-12H2,1-2H3,(H,24,25)(H2,23,26,27,29,31). The van der Waals surface area contributed by atoms with Crippen molar-refractivity contribution >= 4 is 17.5 Å². The van der Waals surface area contributed by atoms with Gasteiger partial charge in [0.15, 0.2) is 5.82 Å². The van der Waals surface area contributed by atoms with Gasteiger partial charge in [-0.2, -0.15) is 0 Å². The molecule has 0 aliphatic carbocycles. The molecule has 0 aromatic carbocycles. The van der Waals surface area contributed by atoms with Crippen LogP contribution in [0.4, 0.5) is 16.3 Å². The molecule has 0 bridgehead atoms. The first-order valence-electron chi connectivity index (χ1n) is 10.7. The molecule has 4 rings (SSSR count). The Kier molecular flexibility index (Phi) is 6.40. The van der Waals surface area contributed by atoms with E-state index in [4.69, 9.17) is 4.98 Å². The van der Waals surface area contributed by atoms with Gasteiger partial charge in [0.25, 0.3) is 0 Å². The van der Waals surface area contributed by atoms with Gasteiger partial charge in [-0.05, 0) is 51.2 Å². The van der Waals surface area contributed by atoms with E-state index in [1.54, 1.807) is 6.20 Å². The minimum Gasteiger partial charge on any atom is -0.370 e. The Balaban J connectivity index is 1.33. The number of amides is 2. The SMILES string of the molecule is CCNC(=O)Nc1cc(CC2CCN(c3ccc(-c4ncc[nH]4)nc3C)CC2)ncn1. The summed E-state index contributed by atoms with van der Waals surface area (Å²) in [5.74, 6) is 1.88. The van der Waals surface area contributed by atoms with Crippen LogP contribution in [0.15, 0.2) is 36.9 Å². The Morgan fingerprint density at radius 2 is 2.06 bits per heavy atom. The fraction of sp³-hybridized carbons (Fsp3) is 0.409. The summed E-state index contributed by atoms with van der Waals surface area (Å²) in [6, 6.07) is 5.78. The van der Waals surface area contributed by atoms with Crippen LogP contribution in [0.3, 0.4) is 0 Å². The molecular weight excluding hydrogens is 392 g/mol. The molecule has 0 atom stereocenters. The van der Waals surface area contributed by atoms with Gasteiger partial charge in [0.2, 0.25) is 0 Å². The minimum atomic E-state index is -0.248. The molecule has 0 spiro atoms. The normalized spacial score (nSPS) is 14.5. The number of anilines is 2. The van der Waals surface area contributed by atoms with Crippen LogP contribution in [-0.4, -0.2) is 50.6 Å². The summed E-state index contributed by atoms with van der Waals surface area (Å²) in [7, 11) is 0. The van der Waals surface area contributed by atoms with Crippen molar-refractivity contribution in [3.05, 3.63) is 48.3 Å². The fourth-order valence-electron chi connectivity index (χ4n) is 4.00. The molecule has 9 nitrogen and oxygen atoms in total. The first kappa shape index (κ1) is 20.8. The third kappa shape index (κ3) is 5.17. The van der Waals surface area contributed by atoms with E-state index in [-0.39, 0.29) is 6.03 Å². The van der Waals surface area contributed by atoms with Gasteiger partial charge in [-0.15, -0.1) is 0 Å². The van der Waals surface area contributed by atoms with Crippen molar-refractivity contribution in [3.63, 3.8) is 0 Å². The van der Waals surface area contributed by atoms with E-state index in [0.29, 0.717) is 18.3 Å². The number of hydrogen-bond acceptors (Lipinski definition) is 6. The Hall–Kier alpha value is -3.49. The third-order valence-corrected chi connectivity index (χ3v) is 5.55. The smallest absolute Gasteiger partial charge is 0.320 e. The second-order valence-electron chi connectivity index (χ2n) is 7.75. The summed E-state index contributed by atoms with van der Waals surface area (Å²) < 4.78 is 0. The molecule has 3 aromatic rings. The predicted octanol–water partition coefficient (Wildman–Crippen LogP) is 3.17. The van der Waals surface area contributed by atoms with E-state index in [0.717, 1.165) is 55.3 Å². The Morgan fingerprint density at radius 3 is 2.77 bits per heavy atom. The number of aryl methyl sites for hydroxylation is 1. The van der Waals surface area contributed by atoms with Gasteiger partial charge in [-0.25, -0.2) is 24.7 Å². The number of urea groups is 1. The highest BCUT2D eigenvalue weighted by molar-refractivity contribution is 5.88. The van der Waals surface area contributed by atoms with Crippen LogP contribution >= 0.6 is 0 Å². The quantitative estimate of drug-likeness (QED) is 0.565. The highest BCUT2D eigenvalue weighted by Crippen LogP contribution is 2.28. The van der Waals surface area contributed by atoms with Gasteiger partial charge in [-0.3, -0.25) is 5.32 Å². The molecule has 0 saturated carbocycles. The summed E-state index contributed by atoms with van der Waals surface area (Å²) in [4.78, 5) is 34.8. The highest BCUT2D eigenvalue weighted by Gasteiger charge is 2.22. The molecule has 2 amide bonds. The molecule has 1 fully saturated rings. The monoisotopic (exact) mass is 420 g/mol. The molecule has 1 aliphatic heterocycles. The van der Waals surface area contributed by atoms with E-state index >= 15 is 0 Å². The number of pyridine rings is 1. The summed E-state index contributed by atoms with van der Waals surface area (Å²) in [5.41, 5.74) is 4.02. The number of carbonyl (C=O) groups excluding carboxylic acids is 1. The molecule has 31 heavy (non-hydrogen) atoms. The van der Waals surface area contributed by atoms with Crippen LogP contribution in [0.25, 0.3) is 11.5 Å². The van der Waals surface area contributed by atoms with Gasteiger partial charge < -0.3 is 15.2 Å². The number of H-pyrrole nitrogens is 1. The van der Waals surface area contributed by atoms with Crippen molar-refractivity contribution in [2.45, 2.75) is 33.1 Å². The zero-order valence-corrected chi connectivity index (χ0v) is 17.9. The number of aromatic amines is 1. The van der Waals surface area contributed by atoms with Crippen LogP contribution in [0.1, 0.15) is 31.2 Å². The zero-order chi connectivity index (χ0) is 21.6. The Labute approximate surface area is 181 Å². The maximum absolute atomic E-state index is 11.7. The highest BCUT2D eigenvalue weighted by atomic mass is 16.2. The van der Waals surface area contributed by atoms with Crippen molar-refractivity contribution in [1.29, 1.82) is 0 Å². The Morgan fingerprint density at radius 1 is 1.23 bits per heavy atom. The summed E-state index contributed by atoms with van der Waals surface area (Å²) >= 11 is 0. The number of piperidine rings is 1. The van der Waals surface area contributed by atoms with E-state index < -0.39 is 0 Å². The molecule has 9 heteroatoms. The molecule has 162 valence electrons. The molecule has 3 aromatic heterocycles. The maximum atomic E-state index is 11.7. The van der Waals surface area contributed by atoms with Crippen molar-refractivity contribution in [2.75, 3.05) is 29.9 Å². The van der Waals surface area contributed by atoms with Crippen molar-refractivity contribution in [3.8, 4) is 11.5 Å². The lowest BCUT2D eigenvalue weighted by Gasteiger charge is -2.34. The van der Waals surface area contributed by atoms with E-state index in [9.17, 15) is 4.79 Å². The third-order valence-electron chi connectivity index (χ3n) is 5.55. The van der Waals surface area contributed by atoms with E-state index in [1.165, 1.54) is 12.0 Å². The number of nitrogens with one attached hydrogen (secondary N) is 3. The molecule has 1 saturated heterocycles. The lowest BCUT2D eigenvalue weighted by atomic mass is 9.91. The van der Waals surface area contributed by atoms with Gasteiger partial charge in [0.1, 0.15) is 17.8 Å². The van der Waals surface area contributed by atoms with Crippen molar-refractivity contribution in [2.24, 2.45) is 5.92 Å². The molecular formula is C22H28N8O. The second-order valence-corrected chi connectivity index (χ2v) is 7.75. The summed E-state index contributed by atoms with van der Waals surface area (Å²) in [6.45, 7) is 6.48. The number of rotatable bonds is 6. The van der Waals surface area contributed by atoms with Crippen LogP contribution in [0.2, 0.25) is 0 Å². The fourth-order valence-corrected chi connectivity index (χ4v) is 4.00. The lowest BCUT2D eigenvalue weighted by molar-refractivity contribution is 0.252. The molecule has 0 unspecified atom stereocenters. The van der Waals surface area contributed by atoms with Gasteiger partial charge in [0.05, 0.1) is 11.4 Å². The lowest BCUT2D eigenvalue weighted by Crippen LogP contribution is -2.35. The number of aromatic nitrogens is 5. The molecule has 3 N–H and O–H groups in total. The van der Waals surface area contributed by atoms with Gasteiger partial charge in [0, 0.05) is 43.8 Å². The van der Waals surface area contributed by atoms with Crippen molar-refractivity contribution in [1.82, 2.24) is 30.2 Å². The van der Waals surface area contributed by atoms with E-state index in [1.807, 2.05) is 25.3 Å². The first-order chi connectivity index (χ1) is 15.1. The second kappa shape index (κ2) is 9.55.